The van der Waals surface area contributed by atoms with Crippen molar-refractivity contribution in [3.63, 3.8) is 0 Å². The molecular weight excluding hydrogens is 292 g/mol. The molecule has 120 valence electrons. The third kappa shape index (κ3) is 3.81. The van der Waals surface area contributed by atoms with Gasteiger partial charge in [0.05, 0.1) is 6.20 Å². The monoisotopic (exact) mass is 312 g/mol. The van der Waals surface area contributed by atoms with Gasteiger partial charge < -0.3 is 15.1 Å². The predicted octanol–water partition coefficient (Wildman–Crippen LogP) is 1.57. The van der Waals surface area contributed by atoms with Crippen LogP contribution in [0.15, 0.2) is 30.5 Å². The summed E-state index contributed by atoms with van der Waals surface area (Å²) >= 11 is 0. The van der Waals surface area contributed by atoms with E-state index in [9.17, 15) is 4.79 Å². The minimum Gasteiger partial charge on any atom is -0.353 e. The summed E-state index contributed by atoms with van der Waals surface area (Å²) in [4.78, 5) is 20.3. The number of aromatic nitrogens is 3. The van der Waals surface area contributed by atoms with Gasteiger partial charge in [-0.3, -0.25) is 4.79 Å². The molecule has 7 nitrogen and oxygen atoms in total. The second kappa shape index (κ2) is 6.70. The Morgan fingerprint density at radius 3 is 2.48 bits per heavy atom. The van der Waals surface area contributed by atoms with Crippen LogP contribution in [0, 0.1) is 0 Å². The lowest BCUT2D eigenvalue weighted by Crippen LogP contribution is -2.44. The minimum absolute atomic E-state index is 0.0477. The number of likely N-dealkylation sites (N-methyl/N-ethyl adjacent to an activating group) is 1. The van der Waals surface area contributed by atoms with Crippen molar-refractivity contribution in [2.24, 2.45) is 0 Å². The fourth-order valence-electron chi connectivity index (χ4n) is 2.45. The smallest absolute Gasteiger partial charge is 0.249 e. The Morgan fingerprint density at radius 2 is 1.83 bits per heavy atom. The van der Waals surface area contributed by atoms with Crippen LogP contribution >= 0.6 is 0 Å². The van der Waals surface area contributed by atoms with Gasteiger partial charge in [0.1, 0.15) is 0 Å². The quantitative estimate of drug-likeness (QED) is 0.859. The molecular formula is C16H20N6O. The Kier molecular flexibility index (Phi) is 4.47. The number of nitrogens with zero attached hydrogens (tertiary/aromatic N) is 5. The van der Waals surface area contributed by atoms with E-state index in [1.165, 1.54) is 0 Å². The maximum absolute atomic E-state index is 11.3. The van der Waals surface area contributed by atoms with Crippen molar-refractivity contribution in [3.05, 3.63) is 36.0 Å². The number of hydrogen-bond donors (Lipinski definition) is 1. The number of Topliss-reactive ketones (excluding diaryl/α,β-unsaturated/α-hetero) is 1. The molecule has 3 rings (SSSR count). The van der Waals surface area contributed by atoms with Crippen LogP contribution in [0.5, 0.6) is 0 Å². The van der Waals surface area contributed by atoms with E-state index in [0.717, 1.165) is 37.7 Å². The molecule has 1 saturated heterocycles. The van der Waals surface area contributed by atoms with Crippen LogP contribution in [0.2, 0.25) is 0 Å². The Balaban J connectivity index is 1.71. The zero-order valence-corrected chi connectivity index (χ0v) is 13.4. The van der Waals surface area contributed by atoms with Gasteiger partial charge in [0.25, 0.3) is 0 Å². The van der Waals surface area contributed by atoms with Crippen molar-refractivity contribution < 1.29 is 4.79 Å². The lowest BCUT2D eigenvalue weighted by molar-refractivity contribution is 0.101. The summed E-state index contributed by atoms with van der Waals surface area (Å²) in [7, 11) is 2.12. The first-order valence-electron chi connectivity index (χ1n) is 7.63. The minimum atomic E-state index is 0.0477. The number of hydrogen-bond acceptors (Lipinski definition) is 7. The normalized spacial score (nSPS) is 15.5. The van der Waals surface area contributed by atoms with Crippen molar-refractivity contribution >= 4 is 23.2 Å². The van der Waals surface area contributed by atoms with Crippen molar-refractivity contribution in [2.45, 2.75) is 6.92 Å². The largest absolute Gasteiger partial charge is 0.353 e. The lowest BCUT2D eigenvalue weighted by atomic mass is 10.1. The van der Waals surface area contributed by atoms with E-state index in [4.69, 9.17) is 0 Å². The van der Waals surface area contributed by atoms with Crippen molar-refractivity contribution in [1.82, 2.24) is 20.1 Å². The van der Waals surface area contributed by atoms with Crippen molar-refractivity contribution in [3.8, 4) is 0 Å². The van der Waals surface area contributed by atoms with Crippen LogP contribution in [0.4, 0.5) is 17.5 Å². The highest BCUT2D eigenvalue weighted by Crippen LogP contribution is 2.17. The molecule has 0 radical (unpaired) electrons. The third-order valence-electron chi connectivity index (χ3n) is 3.92. The van der Waals surface area contributed by atoms with Crippen LogP contribution in [0.3, 0.4) is 0 Å². The SMILES string of the molecule is CC(=O)c1ccc(Nc2nncc(N3CCN(C)CC3)n2)cc1. The maximum atomic E-state index is 11.3. The van der Waals surface area contributed by atoms with Gasteiger partial charge in [0.2, 0.25) is 5.95 Å². The number of rotatable bonds is 4. The average molecular weight is 312 g/mol. The van der Waals surface area contributed by atoms with Gasteiger partial charge in [0, 0.05) is 37.4 Å². The molecule has 1 aromatic carbocycles. The van der Waals surface area contributed by atoms with Crippen LogP contribution < -0.4 is 10.2 Å². The summed E-state index contributed by atoms with van der Waals surface area (Å²) in [5.41, 5.74) is 1.51. The van der Waals surface area contributed by atoms with Gasteiger partial charge >= 0.3 is 0 Å². The second-order valence-electron chi connectivity index (χ2n) is 5.69. The molecule has 7 heteroatoms. The standard InChI is InChI=1S/C16H20N6O/c1-12(23)13-3-5-14(6-4-13)18-16-19-15(11-17-20-16)22-9-7-21(2)8-10-22/h3-6,11H,7-10H2,1-2H3,(H,18,19,20). The molecule has 1 aromatic heterocycles. The van der Waals surface area contributed by atoms with Crippen LogP contribution in [0.1, 0.15) is 17.3 Å². The van der Waals surface area contributed by atoms with E-state index in [0.29, 0.717) is 11.5 Å². The fourth-order valence-corrected chi connectivity index (χ4v) is 2.45. The van der Waals surface area contributed by atoms with Gasteiger partial charge in [0.15, 0.2) is 11.6 Å². The Bertz CT molecular complexity index is 679. The van der Waals surface area contributed by atoms with E-state index < -0.39 is 0 Å². The fraction of sp³-hybridized carbons (Fsp3) is 0.375. The number of ketones is 1. The first kappa shape index (κ1) is 15.4. The van der Waals surface area contributed by atoms with Crippen molar-refractivity contribution in [1.29, 1.82) is 0 Å². The Labute approximate surface area is 135 Å². The summed E-state index contributed by atoms with van der Waals surface area (Å²) in [6.07, 6.45) is 1.69. The molecule has 1 aliphatic rings. The number of nitrogens with one attached hydrogen (secondary N) is 1. The highest BCUT2D eigenvalue weighted by molar-refractivity contribution is 5.94. The van der Waals surface area contributed by atoms with E-state index in [2.05, 4.69) is 37.3 Å². The summed E-state index contributed by atoms with van der Waals surface area (Å²) < 4.78 is 0. The van der Waals surface area contributed by atoms with Gasteiger partial charge in [-0.05, 0) is 38.2 Å². The van der Waals surface area contributed by atoms with Crippen LogP contribution in [0.25, 0.3) is 0 Å². The first-order valence-corrected chi connectivity index (χ1v) is 7.63. The van der Waals surface area contributed by atoms with Crippen LogP contribution in [-0.4, -0.2) is 59.1 Å². The molecule has 0 amide bonds. The van der Waals surface area contributed by atoms with Gasteiger partial charge in [-0.2, -0.15) is 10.1 Å². The molecule has 0 saturated carbocycles. The van der Waals surface area contributed by atoms with Crippen molar-refractivity contribution in [2.75, 3.05) is 43.4 Å². The molecule has 1 fully saturated rings. The number of anilines is 3. The van der Waals surface area contributed by atoms with Gasteiger partial charge in [-0.1, -0.05) is 0 Å². The summed E-state index contributed by atoms with van der Waals surface area (Å²) in [5, 5.41) is 11.2. The van der Waals surface area contributed by atoms with E-state index in [1.807, 2.05) is 12.1 Å². The number of piperazine rings is 1. The highest BCUT2D eigenvalue weighted by Gasteiger charge is 2.16. The molecule has 2 aromatic rings. The summed E-state index contributed by atoms with van der Waals surface area (Å²) in [6.45, 7) is 5.44. The molecule has 0 unspecified atom stereocenters. The maximum Gasteiger partial charge on any atom is 0.249 e. The number of benzene rings is 1. The predicted molar refractivity (Wildman–Crippen MR) is 89.3 cm³/mol. The highest BCUT2D eigenvalue weighted by atomic mass is 16.1. The lowest BCUT2D eigenvalue weighted by Gasteiger charge is -2.32. The molecule has 2 heterocycles. The van der Waals surface area contributed by atoms with Gasteiger partial charge in [-0.25, -0.2) is 0 Å². The molecule has 1 N–H and O–H groups in total. The molecule has 23 heavy (non-hydrogen) atoms. The molecule has 0 bridgehead atoms. The van der Waals surface area contributed by atoms with Gasteiger partial charge in [-0.15, -0.1) is 5.10 Å². The zero-order chi connectivity index (χ0) is 16.2. The summed E-state index contributed by atoms with van der Waals surface area (Å²) in [5.74, 6) is 1.33. The topological polar surface area (TPSA) is 74.2 Å². The number of carbonyl (C=O) groups excluding carboxylic acids is 1. The second-order valence-corrected chi connectivity index (χ2v) is 5.69. The van der Waals surface area contributed by atoms with E-state index in [-0.39, 0.29) is 5.78 Å². The molecule has 0 atom stereocenters. The first-order chi connectivity index (χ1) is 11.1. The molecule has 0 aliphatic carbocycles. The van der Waals surface area contributed by atoms with E-state index in [1.54, 1.807) is 25.3 Å². The zero-order valence-electron chi connectivity index (χ0n) is 13.4. The Hall–Kier alpha value is -2.54. The summed E-state index contributed by atoms with van der Waals surface area (Å²) in [6, 6.07) is 7.23. The van der Waals surface area contributed by atoms with Crippen LogP contribution in [-0.2, 0) is 0 Å². The third-order valence-corrected chi connectivity index (χ3v) is 3.92. The molecule has 1 aliphatic heterocycles. The van der Waals surface area contributed by atoms with E-state index >= 15 is 0 Å². The molecule has 0 spiro atoms. The number of carbonyl (C=O) groups is 1. The average Bonchev–Trinajstić information content (AvgIpc) is 2.56. The Morgan fingerprint density at radius 1 is 1.13 bits per heavy atom.